The first kappa shape index (κ1) is 41.6. The van der Waals surface area contributed by atoms with E-state index in [2.05, 4.69) is 149 Å². The van der Waals surface area contributed by atoms with Crippen molar-refractivity contribution in [3.63, 3.8) is 0 Å². The molecule has 6 nitrogen and oxygen atoms in total. The van der Waals surface area contributed by atoms with Gasteiger partial charge in [0.25, 0.3) is 8.32 Å². The topological polar surface area (TPSA) is 72.9 Å². The molecule has 2 aromatic rings. The predicted octanol–water partition coefficient (Wildman–Crippen LogP) is 9.32. The summed E-state index contributed by atoms with van der Waals surface area (Å²) >= 11 is 0. The Balaban J connectivity index is 1.36. The number of rotatable bonds is 11. The highest BCUT2D eigenvalue weighted by atomic mass is 32.2. The fourth-order valence-corrected chi connectivity index (χ4v) is 19.1. The minimum Gasteiger partial charge on any atom is -0.417 e. The molecular weight excluding hydrogens is 723 g/mol. The summed E-state index contributed by atoms with van der Waals surface area (Å²) in [4.78, 5) is 15.1. The minimum atomic E-state index is -3.73. The van der Waals surface area contributed by atoms with E-state index in [0.29, 0.717) is 25.6 Å². The molecule has 298 valence electrons. The van der Waals surface area contributed by atoms with Crippen LogP contribution in [0.1, 0.15) is 108 Å². The van der Waals surface area contributed by atoms with Crippen molar-refractivity contribution >= 4 is 42.9 Å². The summed E-state index contributed by atoms with van der Waals surface area (Å²) in [5.74, 6) is 0.00594. The molecular formula is C45H69NO5SSi2. The molecule has 1 aliphatic heterocycles. The molecule has 6 rings (SSSR count). The van der Waals surface area contributed by atoms with Gasteiger partial charge in [-0.15, -0.1) is 0 Å². The molecule has 0 unspecified atom stereocenters. The smallest absolute Gasteiger partial charge is 0.261 e. The third-order valence-electron chi connectivity index (χ3n) is 15.5. The van der Waals surface area contributed by atoms with E-state index in [-0.39, 0.29) is 44.5 Å². The minimum absolute atomic E-state index is 0.0597. The highest BCUT2D eigenvalue weighted by Crippen LogP contribution is 2.70. The van der Waals surface area contributed by atoms with Gasteiger partial charge in [-0.05, 0) is 100 Å². The molecule has 1 amide bonds. The molecule has 1 saturated heterocycles. The lowest BCUT2D eigenvalue weighted by molar-refractivity contribution is -0.137. The first-order chi connectivity index (χ1) is 24.9. The average molecular weight is 792 g/mol. The van der Waals surface area contributed by atoms with Crippen LogP contribution in [0.15, 0.2) is 72.3 Å². The van der Waals surface area contributed by atoms with Crippen LogP contribution >= 0.6 is 0 Å². The Bertz CT molecular complexity index is 1790. The second kappa shape index (κ2) is 14.1. The molecule has 2 aromatic carbocycles. The Kier molecular flexibility index (Phi) is 10.9. The number of nitrogens with zero attached hydrogens (tertiary/aromatic N) is 1. The predicted molar refractivity (Wildman–Crippen MR) is 227 cm³/mol. The van der Waals surface area contributed by atoms with Gasteiger partial charge in [-0.2, -0.15) is 0 Å². The first-order valence-electron chi connectivity index (χ1n) is 20.6. The highest BCUT2D eigenvalue weighted by Gasteiger charge is 2.72. The van der Waals surface area contributed by atoms with Crippen molar-refractivity contribution in [2.45, 2.75) is 137 Å². The lowest BCUT2D eigenvalue weighted by Gasteiger charge is -2.46. The van der Waals surface area contributed by atoms with Gasteiger partial charge in [0.2, 0.25) is 15.9 Å². The second-order valence-corrected chi connectivity index (χ2v) is 31.8. The molecule has 6 atom stereocenters. The fourth-order valence-electron chi connectivity index (χ4n) is 10.9. The van der Waals surface area contributed by atoms with Crippen LogP contribution in [0.2, 0.25) is 23.2 Å². The van der Waals surface area contributed by atoms with E-state index in [1.54, 1.807) is 0 Å². The summed E-state index contributed by atoms with van der Waals surface area (Å²) in [5.41, 5.74) is 0.227. The molecule has 1 heterocycles. The van der Waals surface area contributed by atoms with E-state index >= 15 is 4.79 Å². The Hall–Kier alpha value is -2.05. The monoisotopic (exact) mass is 791 g/mol. The Labute approximate surface area is 330 Å². The SMILES string of the molecule is C[C@H]1C[C@H](C(=O)N2[C@@H]3C[C@H]4CC[C@]3(CS2(=O)=O)C4(C)C)[C@@](C)(CCCO[Si](C)(C)C(C)(C)C)C=C1CO[Si](c1ccccc1)(c1ccccc1)C(C)(C)C. The number of fused-ring (bicyclic) bond motifs is 1. The number of hydrogen-bond donors (Lipinski definition) is 0. The lowest BCUT2D eigenvalue weighted by Crippen LogP contribution is -2.66. The number of allylic oxidation sites excluding steroid dienone is 1. The lowest BCUT2D eigenvalue weighted by atomic mass is 9.63. The van der Waals surface area contributed by atoms with Gasteiger partial charge in [0.05, 0.1) is 18.4 Å². The molecule has 4 aliphatic rings. The Morgan fingerprint density at radius 1 is 0.870 bits per heavy atom. The Morgan fingerprint density at radius 3 is 1.96 bits per heavy atom. The van der Waals surface area contributed by atoms with Crippen LogP contribution in [-0.2, 0) is 23.7 Å². The van der Waals surface area contributed by atoms with Gasteiger partial charge in [-0.25, -0.2) is 12.7 Å². The number of carbonyl (C=O) groups excluding carboxylic acids is 1. The molecule has 2 bridgehead atoms. The molecule has 3 aliphatic carbocycles. The third kappa shape index (κ3) is 6.77. The van der Waals surface area contributed by atoms with Gasteiger partial charge >= 0.3 is 0 Å². The number of sulfonamides is 1. The van der Waals surface area contributed by atoms with Crippen molar-refractivity contribution < 1.29 is 22.1 Å². The summed E-state index contributed by atoms with van der Waals surface area (Å²) < 4.78 is 43.9. The zero-order valence-electron chi connectivity index (χ0n) is 35.4. The Morgan fingerprint density at radius 2 is 1.44 bits per heavy atom. The van der Waals surface area contributed by atoms with Gasteiger partial charge in [0.1, 0.15) is 0 Å². The number of carbonyl (C=O) groups is 1. The first-order valence-corrected chi connectivity index (χ1v) is 27.0. The zero-order valence-corrected chi connectivity index (χ0v) is 38.2. The summed E-state index contributed by atoms with van der Waals surface area (Å²) in [6.45, 7) is 28.3. The molecule has 1 spiro atoms. The van der Waals surface area contributed by atoms with Crippen LogP contribution in [0.4, 0.5) is 0 Å². The summed E-state index contributed by atoms with van der Waals surface area (Å²) in [6, 6.07) is 21.3. The van der Waals surface area contributed by atoms with Crippen molar-refractivity contribution in [1.29, 1.82) is 0 Å². The molecule has 54 heavy (non-hydrogen) atoms. The number of amides is 1. The van der Waals surface area contributed by atoms with E-state index in [9.17, 15) is 8.42 Å². The number of benzene rings is 2. The molecule has 2 saturated carbocycles. The van der Waals surface area contributed by atoms with E-state index in [1.807, 2.05) is 0 Å². The largest absolute Gasteiger partial charge is 0.417 e. The van der Waals surface area contributed by atoms with Crippen LogP contribution < -0.4 is 10.4 Å². The molecule has 0 aromatic heterocycles. The van der Waals surface area contributed by atoms with Gasteiger partial charge in [0, 0.05) is 17.9 Å². The standard InChI is InChI=1S/C45H69NO5SSi2/c1-33-28-38(40(47)46-39-29-35-24-26-45(39,43(35,8)9)32-52(46,48)49)44(10,25-19-27-50-53(11,12)41(2,3)4)30-34(33)31-51-54(42(5,6)7,36-20-15-13-16-21-36)37-22-17-14-18-23-37/h13-18,20-23,30,33,35,38-39H,19,24-29,31-32H2,1-12H3/t33-,35+,38+,39+,44-,45+/m0/s1. The maximum Gasteiger partial charge on any atom is 0.261 e. The van der Waals surface area contributed by atoms with E-state index < -0.39 is 38.0 Å². The van der Waals surface area contributed by atoms with Crippen molar-refractivity contribution in [3.05, 3.63) is 72.3 Å². The van der Waals surface area contributed by atoms with Gasteiger partial charge in [-0.3, -0.25) is 4.79 Å². The summed E-state index contributed by atoms with van der Waals surface area (Å²) in [7, 11) is -8.50. The van der Waals surface area contributed by atoms with Gasteiger partial charge in [-0.1, -0.05) is 136 Å². The normalized spacial score (nSPS) is 30.7. The van der Waals surface area contributed by atoms with Crippen LogP contribution in [0.5, 0.6) is 0 Å². The van der Waals surface area contributed by atoms with Crippen molar-refractivity contribution in [2.24, 2.45) is 34.0 Å². The zero-order chi connectivity index (χ0) is 39.8. The maximum atomic E-state index is 15.1. The third-order valence-corrected chi connectivity index (χ3v) is 26.9. The van der Waals surface area contributed by atoms with Crippen LogP contribution in [0.25, 0.3) is 0 Å². The second-order valence-electron chi connectivity index (χ2n) is 20.8. The van der Waals surface area contributed by atoms with Crippen LogP contribution in [-0.4, -0.2) is 60.3 Å². The summed E-state index contributed by atoms with van der Waals surface area (Å²) in [5, 5.41) is 2.43. The van der Waals surface area contributed by atoms with Crippen molar-refractivity contribution in [2.75, 3.05) is 19.0 Å². The number of hydrogen-bond acceptors (Lipinski definition) is 5. The average Bonchev–Trinajstić information content (AvgIpc) is 3.56. The van der Waals surface area contributed by atoms with Gasteiger partial charge < -0.3 is 8.85 Å². The quantitative estimate of drug-likeness (QED) is 0.129. The van der Waals surface area contributed by atoms with E-state index in [4.69, 9.17) is 8.85 Å². The molecule has 9 heteroatoms. The van der Waals surface area contributed by atoms with Crippen LogP contribution in [0, 0.1) is 34.0 Å². The molecule has 0 radical (unpaired) electrons. The summed E-state index contributed by atoms with van der Waals surface area (Å²) in [6.07, 6.45) is 7.24. The molecule has 3 fully saturated rings. The maximum absolute atomic E-state index is 15.1. The molecule has 0 N–H and O–H groups in total. The van der Waals surface area contributed by atoms with Crippen molar-refractivity contribution in [1.82, 2.24) is 4.31 Å². The fraction of sp³-hybridized carbons (Fsp3) is 0.667. The highest BCUT2D eigenvalue weighted by molar-refractivity contribution is 7.90. The van der Waals surface area contributed by atoms with Gasteiger partial charge in [0.15, 0.2) is 8.32 Å². The van der Waals surface area contributed by atoms with Crippen molar-refractivity contribution in [3.8, 4) is 0 Å². The van der Waals surface area contributed by atoms with Crippen LogP contribution in [0.3, 0.4) is 0 Å². The van der Waals surface area contributed by atoms with E-state index in [0.717, 1.165) is 32.1 Å². The van der Waals surface area contributed by atoms with E-state index in [1.165, 1.54) is 20.3 Å².